The van der Waals surface area contributed by atoms with Crippen LogP contribution >= 0.6 is 27.3 Å². The molecule has 2 aromatic heterocycles. The van der Waals surface area contributed by atoms with E-state index in [4.69, 9.17) is 0 Å². The lowest BCUT2D eigenvalue weighted by Gasteiger charge is -2.17. The summed E-state index contributed by atoms with van der Waals surface area (Å²) < 4.78 is 1.18. The molecule has 0 aliphatic carbocycles. The van der Waals surface area contributed by atoms with Gasteiger partial charge >= 0.3 is 0 Å². The molecule has 1 N–H and O–H groups in total. The number of rotatable bonds is 4. The Labute approximate surface area is 121 Å². The van der Waals surface area contributed by atoms with Gasteiger partial charge in [0.1, 0.15) is 0 Å². The van der Waals surface area contributed by atoms with Crippen molar-refractivity contribution in [3.8, 4) is 0 Å². The Bertz CT molecular complexity index is 536. The molecule has 0 saturated carbocycles. The normalized spacial score (nSPS) is 12.7. The van der Waals surface area contributed by atoms with E-state index in [0.29, 0.717) is 0 Å². The molecule has 2 rings (SSSR count). The van der Waals surface area contributed by atoms with Crippen molar-refractivity contribution in [3.63, 3.8) is 0 Å². The highest BCUT2D eigenvalue weighted by molar-refractivity contribution is 9.11. The van der Waals surface area contributed by atoms with E-state index in [-0.39, 0.29) is 6.04 Å². The van der Waals surface area contributed by atoms with Crippen LogP contribution in [0.3, 0.4) is 0 Å². The summed E-state index contributed by atoms with van der Waals surface area (Å²) in [5, 5.41) is 3.37. The zero-order valence-electron chi connectivity index (χ0n) is 10.8. The first kappa shape index (κ1) is 13.7. The molecule has 2 nitrogen and oxygen atoms in total. The Kier molecular flexibility index (Phi) is 4.54. The fourth-order valence-electron chi connectivity index (χ4n) is 2.09. The molecule has 0 amide bonds. The number of pyridine rings is 1. The molecular formula is C14H17BrN2S. The Morgan fingerprint density at radius 3 is 2.72 bits per heavy atom. The number of halogens is 1. The smallest absolute Gasteiger partial charge is 0.0701 e. The molecule has 4 heteroatoms. The van der Waals surface area contributed by atoms with E-state index < -0.39 is 0 Å². The van der Waals surface area contributed by atoms with Gasteiger partial charge in [-0.15, -0.1) is 11.3 Å². The quantitative estimate of drug-likeness (QED) is 0.918. The van der Waals surface area contributed by atoms with E-state index in [1.165, 1.54) is 19.8 Å². The van der Waals surface area contributed by atoms with Crippen molar-refractivity contribution < 1.29 is 0 Å². The standard InChI is InChI=1S/C14H17BrN2S/c1-9-6-10(2)14(17-8-9)12(16-3)7-11-4-5-13(15)18-11/h4-6,8,12,16H,7H2,1-3H3. The molecule has 2 heterocycles. The number of hydrogen-bond donors (Lipinski definition) is 1. The Morgan fingerprint density at radius 2 is 2.17 bits per heavy atom. The largest absolute Gasteiger partial charge is 0.311 e. The number of aryl methyl sites for hydroxylation is 2. The Morgan fingerprint density at radius 1 is 1.39 bits per heavy atom. The molecule has 0 aromatic carbocycles. The topological polar surface area (TPSA) is 24.9 Å². The predicted molar refractivity (Wildman–Crippen MR) is 81.2 cm³/mol. The van der Waals surface area contributed by atoms with Crippen molar-refractivity contribution in [3.05, 3.63) is 49.9 Å². The predicted octanol–water partition coefficient (Wildman–Crippen LogP) is 4.03. The SMILES string of the molecule is CNC(Cc1ccc(Br)s1)c1ncc(C)cc1C. The van der Waals surface area contributed by atoms with Gasteiger partial charge in [-0.25, -0.2) is 0 Å². The highest BCUT2D eigenvalue weighted by Gasteiger charge is 2.15. The first-order chi connectivity index (χ1) is 8.60. The average Bonchev–Trinajstić information content (AvgIpc) is 2.72. The zero-order valence-corrected chi connectivity index (χ0v) is 13.2. The molecule has 0 aliphatic heterocycles. The maximum absolute atomic E-state index is 4.58. The van der Waals surface area contributed by atoms with Gasteiger partial charge in [-0.2, -0.15) is 0 Å². The van der Waals surface area contributed by atoms with Crippen LogP contribution in [0, 0.1) is 13.8 Å². The molecule has 1 atom stereocenters. The highest BCUT2D eigenvalue weighted by Crippen LogP contribution is 2.27. The highest BCUT2D eigenvalue weighted by atomic mass is 79.9. The number of likely N-dealkylation sites (N-methyl/N-ethyl adjacent to an activating group) is 1. The van der Waals surface area contributed by atoms with Gasteiger partial charge in [0.15, 0.2) is 0 Å². The monoisotopic (exact) mass is 324 g/mol. The van der Waals surface area contributed by atoms with Gasteiger partial charge in [-0.05, 0) is 60.1 Å². The van der Waals surface area contributed by atoms with Crippen molar-refractivity contribution in [2.24, 2.45) is 0 Å². The van der Waals surface area contributed by atoms with Crippen LogP contribution in [0.1, 0.15) is 27.7 Å². The van der Waals surface area contributed by atoms with E-state index in [1.54, 1.807) is 11.3 Å². The van der Waals surface area contributed by atoms with E-state index in [0.717, 1.165) is 12.1 Å². The maximum atomic E-state index is 4.58. The lowest BCUT2D eigenvalue weighted by atomic mass is 10.0. The second kappa shape index (κ2) is 5.95. The Balaban J connectivity index is 2.22. The second-order valence-electron chi connectivity index (χ2n) is 4.47. The van der Waals surface area contributed by atoms with Crippen molar-refractivity contribution in [2.75, 3.05) is 7.05 Å². The van der Waals surface area contributed by atoms with Crippen LogP contribution in [-0.4, -0.2) is 12.0 Å². The molecule has 2 aromatic rings. The van der Waals surface area contributed by atoms with Crippen LogP contribution in [0.2, 0.25) is 0 Å². The molecule has 0 fully saturated rings. The summed E-state index contributed by atoms with van der Waals surface area (Å²) in [5.74, 6) is 0. The fraction of sp³-hybridized carbons (Fsp3) is 0.357. The van der Waals surface area contributed by atoms with Crippen LogP contribution in [0.4, 0.5) is 0 Å². The summed E-state index contributed by atoms with van der Waals surface area (Å²) >= 11 is 5.29. The average molecular weight is 325 g/mol. The molecule has 0 radical (unpaired) electrons. The van der Waals surface area contributed by atoms with Crippen LogP contribution in [0.5, 0.6) is 0 Å². The summed E-state index contributed by atoms with van der Waals surface area (Å²) in [4.78, 5) is 5.95. The van der Waals surface area contributed by atoms with Crippen molar-refractivity contribution in [1.82, 2.24) is 10.3 Å². The maximum Gasteiger partial charge on any atom is 0.0701 e. The lowest BCUT2D eigenvalue weighted by molar-refractivity contribution is 0.576. The molecule has 0 saturated heterocycles. The second-order valence-corrected chi connectivity index (χ2v) is 7.01. The molecule has 0 spiro atoms. The minimum Gasteiger partial charge on any atom is -0.311 e. The molecule has 0 bridgehead atoms. The summed E-state index contributed by atoms with van der Waals surface area (Å²) in [5.41, 5.74) is 3.61. The van der Waals surface area contributed by atoms with E-state index in [9.17, 15) is 0 Å². The van der Waals surface area contributed by atoms with Gasteiger partial charge in [0, 0.05) is 17.5 Å². The molecule has 0 aliphatic rings. The van der Waals surface area contributed by atoms with Crippen molar-refractivity contribution in [2.45, 2.75) is 26.3 Å². The minimum atomic E-state index is 0.274. The first-order valence-electron chi connectivity index (χ1n) is 5.94. The van der Waals surface area contributed by atoms with Gasteiger partial charge in [0.25, 0.3) is 0 Å². The summed E-state index contributed by atoms with van der Waals surface area (Å²) in [7, 11) is 1.99. The summed E-state index contributed by atoms with van der Waals surface area (Å²) in [6.45, 7) is 4.21. The van der Waals surface area contributed by atoms with Gasteiger partial charge in [0.05, 0.1) is 15.5 Å². The van der Waals surface area contributed by atoms with Gasteiger partial charge < -0.3 is 5.32 Å². The van der Waals surface area contributed by atoms with Gasteiger partial charge in [0.2, 0.25) is 0 Å². The van der Waals surface area contributed by atoms with E-state index in [1.807, 2.05) is 13.2 Å². The molecule has 96 valence electrons. The minimum absolute atomic E-state index is 0.274. The third kappa shape index (κ3) is 3.19. The van der Waals surface area contributed by atoms with Crippen LogP contribution in [0.15, 0.2) is 28.2 Å². The van der Waals surface area contributed by atoms with E-state index in [2.05, 4.69) is 58.3 Å². The third-order valence-electron chi connectivity index (χ3n) is 2.97. The van der Waals surface area contributed by atoms with Crippen molar-refractivity contribution in [1.29, 1.82) is 0 Å². The van der Waals surface area contributed by atoms with Crippen LogP contribution < -0.4 is 5.32 Å². The number of hydrogen-bond acceptors (Lipinski definition) is 3. The third-order valence-corrected chi connectivity index (χ3v) is 4.61. The van der Waals surface area contributed by atoms with Gasteiger partial charge in [-0.1, -0.05) is 6.07 Å². The summed E-state index contributed by atoms with van der Waals surface area (Å²) in [6.07, 6.45) is 2.92. The number of thiophene rings is 1. The number of aromatic nitrogens is 1. The van der Waals surface area contributed by atoms with Crippen LogP contribution in [-0.2, 0) is 6.42 Å². The van der Waals surface area contributed by atoms with Crippen LogP contribution in [0.25, 0.3) is 0 Å². The number of nitrogens with zero attached hydrogens (tertiary/aromatic N) is 1. The van der Waals surface area contributed by atoms with E-state index >= 15 is 0 Å². The number of nitrogens with one attached hydrogen (secondary N) is 1. The molecular weight excluding hydrogens is 308 g/mol. The first-order valence-corrected chi connectivity index (χ1v) is 7.55. The molecule has 18 heavy (non-hydrogen) atoms. The fourth-order valence-corrected chi connectivity index (χ4v) is 3.62. The lowest BCUT2D eigenvalue weighted by Crippen LogP contribution is -2.20. The zero-order chi connectivity index (χ0) is 13.1. The molecule has 1 unspecified atom stereocenters. The summed E-state index contributed by atoms with van der Waals surface area (Å²) in [6, 6.07) is 6.73. The van der Waals surface area contributed by atoms with Gasteiger partial charge in [-0.3, -0.25) is 4.98 Å². The Hall–Kier alpha value is -0.710. The van der Waals surface area contributed by atoms with Crippen molar-refractivity contribution >= 4 is 27.3 Å².